The normalized spacial score (nSPS) is 14.4. The van der Waals surface area contributed by atoms with Crippen LogP contribution >= 0.6 is 0 Å². The zero-order valence-electron chi connectivity index (χ0n) is 23.0. The highest BCUT2D eigenvalue weighted by atomic mass is 16.5. The van der Waals surface area contributed by atoms with Gasteiger partial charge in [0.1, 0.15) is 18.1 Å². The molecule has 0 aliphatic heterocycles. The van der Waals surface area contributed by atoms with Gasteiger partial charge in [0.05, 0.1) is 19.7 Å². The van der Waals surface area contributed by atoms with Crippen LogP contribution in [0.3, 0.4) is 0 Å². The van der Waals surface area contributed by atoms with Crippen LogP contribution in [0.15, 0.2) is 72.8 Å². The first-order valence-electron chi connectivity index (χ1n) is 13.7. The molecule has 1 aliphatic rings. The number of rotatable bonds is 10. The lowest BCUT2D eigenvalue weighted by Crippen LogP contribution is -2.47. The van der Waals surface area contributed by atoms with E-state index in [0.717, 1.165) is 36.8 Å². The van der Waals surface area contributed by atoms with Gasteiger partial charge >= 0.3 is 0 Å². The fraction of sp³-hybridized carbons (Fsp3) is 0.355. The van der Waals surface area contributed by atoms with Gasteiger partial charge in [0.25, 0.3) is 0 Å². The summed E-state index contributed by atoms with van der Waals surface area (Å²) in [7, 11) is 3.12. The van der Waals surface area contributed by atoms with E-state index in [4.69, 9.17) is 9.47 Å². The minimum atomic E-state index is -0.899. The van der Waals surface area contributed by atoms with Gasteiger partial charge < -0.3 is 19.7 Å². The summed E-state index contributed by atoms with van der Waals surface area (Å²) in [5, 5.41) is 11.7. The number of amides is 2. The van der Waals surface area contributed by atoms with Gasteiger partial charge in [-0.1, -0.05) is 73.0 Å². The number of carbonyl (C=O) groups excluding carboxylic acids is 2. The smallest absolute Gasteiger partial charge is 0.247 e. The third-order valence-corrected chi connectivity index (χ3v) is 7.46. The molecule has 3 aromatic carbocycles. The van der Waals surface area contributed by atoms with Crippen LogP contribution in [0.5, 0.6) is 11.5 Å². The highest BCUT2D eigenvalue weighted by molar-refractivity contribution is 5.89. The van der Waals surface area contributed by atoms with Crippen molar-refractivity contribution in [2.75, 3.05) is 14.2 Å². The maximum absolute atomic E-state index is 14.1. The Morgan fingerprint density at radius 3 is 2.42 bits per heavy atom. The summed E-state index contributed by atoms with van der Waals surface area (Å²) in [6.07, 6.45) is 5.20. The number of hydrogen-bond acceptors (Lipinski definition) is 6. The van der Waals surface area contributed by atoms with Crippen LogP contribution in [0.1, 0.15) is 49.3 Å². The first-order valence-corrected chi connectivity index (χ1v) is 13.7. The summed E-state index contributed by atoms with van der Waals surface area (Å²) in [6, 6.07) is 21.7. The molecule has 0 spiro atoms. The van der Waals surface area contributed by atoms with E-state index in [2.05, 4.69) is 15.6 Å². The van der Waals surface area contributed by atoms with Gasteiger partial charge in [0, 0.05) is 12.6 Å². The summed E-state index contributed by atoms with van der Waals surface area (Å²) >= 11 is 0. The second-order valence-corrected chi connectivity index (χ2v) is 10.1. The summed E-state index contributed by atoms with van der Waals surface area (Å²) in [4.78, 5) is 29.9. The Labute approximate surface area is 234 Å². The van der Waals surface area contributed by atoms with Crippen molar-refractivity contribution in [2.24, 2.45) is 0 Å². The van der Waals surface area contributed by atoms with Crippen molar-refractivity contribution in [1.82, 2.24) is 25.2 Å². The van der Waals surface area contributed by atoms with E-state index in [-0.39, 0.29) is 30.9 Å². The second-order valence-electron chi connectivity index (χ2n) is 10.1. The molecule has 0 unspecified atom stereocenters. The molecule has 9 nitrogen and oxygen atoms in total. The molecule has 5 rings (SSSR count). The largest absolute Gasteiger partial charge is 0.493 e. The SMILES string of the molecule is COc1ccc([C@H](C(=O)NC2CCCCC2)N(Cc2ccccc2)C(=O)Cn2nnc3ccccc32)cc1OC. The van der Waals surface area contributed by atoms with Crippen LogP contribution in [0.4, 0.5) is 0 Å². The Bertz CT molecular complexity index is 1450. The number of benzene rings is 3. The Morgan fingerprint density at radius 2 is 1.68 bits per heavy atom. The molecular formula is C31H35N5O4. The molecule has 1 fully saturated rings. The summed E-state index contributed by atoms with van der Waals surface area (Å²) in [5.41, 5.74) is 3.01. The second kappa shape index (κ2) is 12.6. The molecule has 2 amide bonds. The number of hydrogen-bond donors (Lipinski definition) is 1. The minimum absolute atomic E-state index is 0.0617. The van der Waals surface area contributed by atoms with Crippen molar-refractivity contribution in [2.45, 2.75) is 57.3 Å². The van der Waals surface area contributed by atoms with E-state index < -0.39 is 6.04 Å². The standard InChI is InChI=1S/C31H35N5O4/c1-39-27-18-17-23(19-28(27)40-2)30(31(38)32-24-13-7-4-8-14-24)35(20-22-11-5-3-6-12-22)29(37)21-36-26-16-10-9-15-25(26)33-34-36/h3,5-6,9-12,15-19,24,30H,4,7-8,13-14,20-21H2,1-2H3,(H,32,38)/t30-/m1/s1. The molecule has 1 atom stereocenters. The third kappa shape index (κ3) is 6.09. The molecule has 9 heteroatoms. The molecule has 1 heterocycles. The molecule has 1 aromatic heterocycles. The van der Waals surface area contributed by atoms with E-state index >= 15 is 0 Å². The van der Waals surface area contributed by atoms with Crippen LogP contribution in [0, 0.1) is 0 Å². The van der Waals surface area contributed by atoms with Crippen molar-refractivity contribution < 1.29 is 19.1 Å². The molecule has 0 radical (unpaired) electrons. The van der Waals surface area contributed by atoms with E-state index in [1.165, 1.54) is 6.42 Å². The third-order valence-electron chi connectivity index (χ3n) is 7.46. The Balaban J connectivity index is 1.55. The van der Waals surface area contributed by atoms with Crippen molar-refractivity contribution in [3.8, 4) is 11.5 Å². The minimum Gasteiger partial charge on any atom is -0.493 e. The van der Waals surface area contributed by atoms with Crippen molar-refractivity contribution in [3.05, 3.63) is 83.9 Å². The predicted molar refractivity (Wildman–Crippen MR) is 152 cm³/mol. The quantitative estimate of drug-likeness (QED) is 0.313. The fourth-order valence-electron chi connectivity index (χ4n) is 5.38. The highest BCUT2D eigenvalue weighted by Gasteiger charge is 2.34. The predicted octanol–water partition coefficient (Wildman–Crippen LogP) is 4.67. The van der Waals surface area contributed by atoms with Crippen molar-refractivity contribution >= 4 is 22.8 Å². The van der Waals surface area contributed by atoms with E-state index in [0.29, 0.717) is 22.6 Å². The first-order chi connectivity index (χ1) is 19.6. The van der Waals surface area contributed by atoms with Gasteiger partial charge in [-0.3, -0.25) is 9.59 Å². The van der Waals surface area contributed by atoms with Gasteiger partial charge in [-0.15, -0.1) is 5.10 Å². The number of ether oxygens (including phenoxy) is 2. The highest BCUT2D eigenvalue weighted by Crippen LogP contribution is 2.33. The van der Waals surface area contributed by atoms with E-state index in [1.54, 1.807) is 35.9 Å². The van der Waals surface area contributed by atoms with Crippen LogP contribution in [-0.2, 0) is 22.7 Å². The average molecular weight is 542 g/mol. The number of nitrogens with zero attached hydrogens (tertiary/aromatic N) is 4. The molecule has 208 valence electrons. The van der Waals surface area contributed by atoms with E-state index in [9.17, 15) is 9.59 Å². The molecule has 4 aromatic rings. The van der Waals surface area contributed by atoms with Gasteiger partial charge in [-0.25, -0.2) is 4.68 Å². The Kier molecular flexibility index (Phi) is 8.59. The number of fused-ring (bicyclic) bond motifs is 1. The Morgan fingerprint density at radius 1 is 0.950 bits per heavy atom. The maximum atomic E-state index is 14.1. The molecule has 1 aliphatic carbocycles. The van der Waals surface area contributed by atoms with Crippen LogP contribution in [-0.4, -0.2) is 52.0 Å². The van der Waals surface area contributed by atoms with Gasteiger partial charge in [0.15, 0.2) is 11.5 Å². The van der Waals surface area contributed by atoms with Crippen LogP contribution in [0.25, 0.3) is 11.0 Å². The van der Waals surface area contributed by atoms with Crippen LogP contribution < -0.4 is 14.8 Å². The lowest BCUT2D eigenvalue weighted by molar-refractivity contribution is -0.142. The number of nitrogens with one attached hydrogen (secondary N) is 1. The van der Waals surface area contributed by atoms with Gasteiger partial charge in [-0.2, -0.15) is 0 Å². The molecule has 0 saturated heterocycles. The molecule has 1 saturated carbocycles. The lowest BCUT2D eigenvalue weighted by atomic mass is 9.94. The topological polar surface area (TPSA) is 98.6 Å². The molecular weight excluding hydrogens is 506 g/mol. The monoisotopic (exact) mass is 541 g/mol. The van der Waals surface area contributed by atoms with Gasteiger partial charge in [0.2, 0.25) is 11.8 Å². The van der Waals surface area contributed by atoms with E-state index in [1.807, 2.05) is 60.7 Å². The summed E-state index contributed by atoms with van der Waals surface area (Å²) in [6.45, 7) is 0.178. The maximum Gasteiger partial charge on any atom is 0.247 e. The molecule has 40 heavy (non-hydrogen) atoms. The molecule has 1 N–H and O–H groups in total. The van der Waals surface area contributed by atoms with Crippen LogP contribution in [0.2, 0.25) is 0 Å². The Hall–Kier alpha value is -4.40. The zero-order valence-corrected chi connectivity index (χ0v) is 23.0. The summed E-state index contributed by atoms with van der Waals surface area (Å²) in [5.74, 6) is 0.572. The number of para-hydroxylation sites is 1. The lowest BCUT2D eigenvalue weighted by Gasteiger charge is -2.34. The fourth-order valence-corrected chi connectivity index (χ4v) is 5.38. The molecule has 0 bridgehead atoms. The summed E-state index contributed by atoms with van der Waals surface area (Å²) < 4.78 is 12.6. The zero-order chi connectivity index (χ0) is 27.9. The van der Waals surface area contributed by atoms with Crippen molar-refractivity contribution in [3.63, 3.8) is 0 Å². The number of aromatic nitrogens is 3. The first kappa shape index (κ1) is 27.2. The number of methoxy groups -OCH3 is 2. The average Bonchev–Trinajstić information content (AvgIpc) is 3.40. The number of carbonyl (C=O) groups is 2. The van der Waals surface area contributed by atoms with Crippen molar-refractivity contribution in [1.29, 1.82) is 0 Å². The van der Waals surface area contributed by atoms with Gasteiger partial charge in [-0.05, 0) is 48.2 Å².